The van der Waals surface area contributed by atoms with Gasteiger partial charge in [-0.15, -0.1) is 0 Å². The predicted octanol–water partition coefficient (Wildman–Crippen LogP) is 3.69. The van der Waals surface area contributed by atoms with Crippen LogP contribution in [0, 0.1) is 6.92 Å². The van der Waals surface area contributed by atoms with Gasteiger partial charge in [-0.25, -0.2) is 9.78 Å². The topological polar surface area (TPSA) is 95.7 Å². The van der Waals surface area contributed by atoms with Crippen LogP contribution in [-0.2, 0) is 14.9 Å². The van der Waals surface area contributed by atoms with Crippen LogP contribution in [0.5, 0.6) is 5.75 Å². The Morgan fingerprint density at radius 3 is 2.65 bits per heavy atom. The first-order valence-electron chi connectivity index (χ1n) is 7.37. The highest BCUT2D eigenvalue weighted by Gasteiger charge is 2.21. The SMILES string of the molecule is COC(=O)c1cc2nc(-c3cccc(Br)c3C)oc2cc1OS(C)(=O)=O. The molecule has 0 aliphatic rings. The van der Waals surface area contributed by atoms with Gasteiger partial charge in [-0.2, -0.15) is 8.42 Å². The quantitative estimate of drug-likeness (QED) is 0.451. The highest BCUT2D eigenvalue weighted by atomic mass is 79.9. The summed E-state index contributed by atoms with van der Waals surface area (Å²) in [6.45, 7) is 1.91. The molecule has 0 radical (unpaired) electrons. The molecule has 0 unspecified atom stereocenters. The van der Waals surface area contributed by atoms with Gasteiger partial charge in [0.1, 0.15) is 11.1 Å². The van der Waals surface area contributed by atoms with E-state index in [4.69, 9.17) is 8.60 Å². The molecule has 0 aliphatic heterocycles. The molecule has 7 nitrogen and oxygen atoms in total. The van der Waals surface area contributed by atoms with E-state index >= 15 is 0 Å². The molecule has 1 aromatic heterocycles. The number of methoxy groups -OCH3 is 1. The summed E-state index contributed by atoms with van der Waals surface area (Å²) in [5.74, 6) is -0.583. The van der Waals surface area contributed by atoms with Crippen molar-refractivity contribution in [2.75, 3.05) is 13.4 Å². The Morgan fingerprint density at radius 2 is 2.00 bits per heavy atom. The van der Waals surface area contributed by atoms with Crippen molar-refractivity contribution in [2.24, 2.45) is 0 Å². The summed E-state index contributed by atoms with van der Waals surface area (Å²) < 4.78 is 39.2. The Morgan fingerprint density at radius 1 is 1.27 bits per heavy atom. The van der Waals surface area contributed by atoms with Crippen molar-refractivity contribution in [3.05, 3.63) is 45.9 Å². The van der Waals surface area contributed by atoms with Crippen molar-refractivity contribution in [1.29, 1.82) is 0 Å². The summed E-state index contributed by atoms with van der Waals surface area (Å²) in [7, 11) is -2.65. The fourth-order valence-corrected chi connectivity index (χ4v) is 3.24. The zero-order valence-electron chi connectivity index (χ0n) is 14.1. The van der Waals surface area contributed by atoms with E-state index in [0.717, 1.165) is 21.9 Å². The molecule has 0 spiro atoms. The number of aromatic nitrogens is 1. The zero-order valence-corrected chi connectivity index (χ0v) is 16.5. The maximum Gasteiger partial charge on any atom is 0.341 e. The van der Waals surface area contributed by atoms with Crippen molar-refractivity contribution in [3.8, 4) is 17.2 Å². The molecule has 1 heterocycles. The molecule has 0 N–H and O–H groups in total. The van der Waals surface area contributed by atoms with Gasteiger partial charge in [0.2, 0.25) is 5.89 Å². The summed E-state index contributed by atoms with van der Waals surface area (Å²) in [6.07, 6.45) is 0.884. The summed E-state index contributed by atoms with van der Waals surface area (Å²) in [4.78, 5) is 16.4. The third-order valence-corrected chi connectivity index (χ3v) is 4.98. The number of rotatable bonds is 4. The van der Waals surface area contributed by atoms with E-state index in [0.29, 0.717) is 11.4 Å². The van der Waals surface area contributed by atoms with Crippen LogP contribution >= 0.6 is 15.9 Å². The van der Waals surface area contributed by atoms with Gasteiger partial charge in [0.05, 0.1) is 13.4 Å². The second kappa shape index (κ2) is 6.73. The average molecular weight is 440 g/mol. The lowest BCUT2D eigenvalue weighted by atomic mass is 10.1. The first-order valence-corrected chi connectivity index (χ1v) is 9.98. The maximum atomic E-state index is 12.0. The number of halogens is 1. The van der Waals surface area contributed by atoms with Crippen molar-refractivity contribution in [3.63, 3.8) is 0 Å². The normalized spacial score (nSPS) is 11.5. The summed E-state index contributed by atoms with van der Waals surface area (Å²) in [6, 6.07) is 8.28. The number of hydrogen-bond donors (Lipinski definition) is 0. The monoisotopic (exact) mass is 439 g/mol. The van der Waals surface area contributed by atoms with Crippen LogP contribution in [0.25, 0.3) is 22.6 Å². The standard InChI is InChI=1S/C17H14BrNO6S/c1-9-10(5-4-6-12(9)18)16-19-13-7-11(17(20)23-2)14(8-15(13)24-16)25-26(3,21)22/h4-8H,1-3H3. The number of nitrogens with zero attached hydrogens (tertiary/aromatic N) is 1. The number of benzene rings is 2. The van der Waals surface area contributed by atoms with Crippen LogP contribution in [0.2, 0.25) is 0 Å². The third kappa shape index (κ3) is 3.58. The average Bonchev–Trinajstić information content (AvgIpc) is 2.97. The molecule has 136 valence electrons. The maximum absolute atomic E-state index is 12.0. The van der Waals surface area contributed by atoms with Crippen LogP contribution in [-0.4, -0.2) is 32.7 Å². The van der Waals surface area contributed by atoms with Crippen molar-refractivity contribution >= 4 is 43.1 Å². The number of fused-ring (bicyclic) bond motifs is 1. The first kappa shape index (κ1) is 18.4. The number of oxazole rings is 1. The molecule has 0 atom stereocenters. The minimum Gasteiger partial charge on any atom is -0.465 e. The molecule has 0 saturated heterocycles. The van der Waals surface area contributed by atoms with Crippen molar-refractivity contribution < 1.29 is 26.5 Å². The lowest BCUT2D eigenvalue weighted by molar-refractivity contribution is 0.0599. The van der Waals surface area contributed by atoms with Gasteiger partial charge in [0.25, 0.3) is 0 Å². The van der Waals surface area contributed by atoms with Gasteiger partial charge in [0.15, 0.2) is 11.3 Å². The molecule has 0 fully saturated rings. The minimum atomic E-state index is -3.84. The number of esters is 1. The largest absolute Gasteiger partial charge is 0.465 e. The van der Waals surface area contributed by atoms with Gasteiger partial charge in [-0.1, -0.05) is 22.0 Å². The Hall–Kier alpha value is -2.39. The van der Waals surface area contributed by atoms with E-state index in [1.807, 2.05) is 25.1 Å². The van der Waals surface area contributed by atoms with Gasteiger partial charge < -0.3 is 13.3 Å². The van der Waals surface area contributed by atoms with Gasteiger partial charge in [-0.3, -0.25) is 0 Å². The molecule has 26 heavy (non-hydrogen) atoms. The molecule has 0 saturated carbocycles. The fourth-order valence-electron chi connectivity index (χ4n) is 2.41. The summed E-state index contributed by atoms with van der Waals surface area (Å²) in [5, 5.41) is 0. The molecule has 2 aromatic carbocycles. The van der Waals surface area contributed by atoms with Crippen molar-refractivity contribution in [1.82, 2.24) is 4.98 Å². The molecule has 0 bridgehead atoms. The van der Waals surface area contributed by atoms with Gasteiger partial charge in [-0.05, 0) is 30.7 Å². The van der Waals surface area contributed by atoms with E-state index in [1.54, 1.807) is 0 Å². The molecular formula is C17H14BrNO6S. The Kier molecular flexibility index (Phi) is 4.76. The Balaban J connectivity index is 2.21. The Bertz CT molecular complexity index is 1120. The zero-order chi connectivity index (χ0) is 19.1. The third-order valence-electron chi connectivity index (χ3n) is 3.63. The highest BCUT2D eigenvalue weighted by Crippen LogP contribution is 2.33. The highest BCUT2D eigenvalue weighted by molar-refractivity contribution is 9.10. The molecule has 0 aliphatic carbocycles. The minimum absolute atomic E-state index is 0.0590. The molecule has 0 amide bonds. The van der Waals surface area contributed by atoms with E-state index in [1.165, 1.54) is 19.2 Å². The van der Waals surface area contributed by atoms with E-state index in [-0.39, 0.29) is 16.9 Å². The van der Waals surface area contributed by atoms with Crippen LogP contribution < -0.4 is 4.18 Å². The molecule has 3 rings (SSSR count). The number of ether oxygens (including phenoxy) is 1. The smallest absolute Gasteiger partial charge is 0.341 e. The molecule has 9 heteroatoms. The van der Waals surface area contributed by atoms with Gasteiger partial charge in [0, 0.05) is 16.1 Å². The second-order valence-electron chi connectivity index (χ2n) is 5.53. The number of carbonyl (C=O) groups is 1. The van der Waals surface area contributed by atoms with E-state index in [2.05, 4.69) is 25.7 Å². The van der Waals surface area contributed by atoms with E-state index in [9.17, 15) is 13.2 Å². The van der Waals surface area contributed by atoms with Crippen LogP contribution in [0.3, 0.4) is 0 Å². The molecule has 3 aromatic rings. The summed E-state index contributed by atoms with van der Waals surface area (Å²) in [5.41, 5.74) is 2.29. The molecular weight excluding hydrogens is 426 g/mol. The predicted molar refractivity (Wildman–Crippen MR) is 98.7 cm³/mol. The number of carbonyl (C=O) groups excluding carboxylic acids is 1. The van der Waals surface area contributed by atoms with Crippen LogP contribution in [0.1, 0.15) is 15.9 Å². The summed E-state index contributed by atoms with van der Waals surface area (Å²) >= 11 is 3.45. The second-order valence-corrected chi connectivity index (χ2v) is 7.96. The van der Waals surface area contributed by atoms with Crippen molar-refractivity contribution in [2.45, 2.75) is 6.92 Å². The Labute approximate surface area is 158 Å². The fraction of sp³-hybridized carbons (Fsp3) is 0.176. The first-order chi connectivity index (χ1) is 12.2. The van der Waals surface area contributed by atoms with Crippen LogP contribution in [0.4, 0.5) is 0 Å². The number of hydrogen-bond acceptors (Lipinski definition) is 7. The lowest BCUT2D eigenvalue weighted by Crippen LogP contribution is -2.11. The van der Waals surface area contributed by atoms with E-state index < -0.39 is 16.1 Å². The lowest BCUT2D eigenvalue weighted by Gasteiger charge is -2.07. The van der Waals surface area contributed by atoms with Gasteiger partial charge >= 0.3 is 16.1 Å². The van der Waals surface area contributed by atoms with Crippen LogP contribution in [0.15, 0.2) is 39.2 Å².